The number of ether oxygens (including phenoxy) is 1. The molecule has 0 aliphatic heterocycles. The number of esters is 1. The highest BCUT2D eigenvalue weighted by Gasteiger charge is 2.11. The monoisotopic (exact) mass is 354 g/mol. The second kappa shape index (κ2) is 7.52. The molecule has 0 amide bonds. The van der Waals surface area contributed by atoms with Crippen molar-refractivity contribution in [1.29, 1.82) is 0 Å². The molecule has 0 radical (unpaired) electrons. The van der Waals surface area contributed by atoms with Gasteiger partial charge in [-0.05, 0) is 49.1 Å². The molecule has 0 aliphatic carbocycles. The van der Waals surface area contributed by atoms with E-state index in [2.05, 4.69) is 0 Å². The van der Waals surface area contributed by atoms with Crippen LogP contribution in [-0.4, -0.2) is 5.97 Å². The molecule has 0 atom stereocenters. The number of hydrogen-bond donors (Lipinski definition) is 0. The number of carbonyl (C=O) groups is 1. The summed E-state index contributed by atoms with van der Waals surface area (Å²) in [6, 6.07) is 11.2. The van der Waals surface area contributed by atoms with E-state index < -0.39 is 5.63 Å². The molecule has 3 rings (SSSR count). The molecule has 0 N–H and O–H groups in total. The summed E-state index contributed by atoms with van der Waals surface area (Å²) in [5.74, 6) is -0.684. The Bertz CT molecular complexity index is 1000. The Morgan fingerprint density at radius 1 is 1.12 bits per heavy atom. The molecule has 3 aromatic rings. The van der Waals surface area contributed by atoms with E-state index in [-0.39, 0.29) is 24.8 Å². The lowest BCUT2D eigenvalue weighted by molar-refractivity contribution is -0.144. The van der Waals surface area contributed by atoms with E-state index in [9.17, 15) is 14.0 Å². The largest absolute Gasteiger partial charge is 0.461 e. The van der Waals surface area contributed by atoms with E-state index in [0.717, 1.165) is 22.1 Å². The second-order valence-corrected chi connectivity index (χ2v) is 6.26. The molecule has 0 fully saturated rings. The van der Waals surface area contributed by atoms with Crippen molar-refractivity contribution >= 4 is 16.9 Å². The lowest BCUT2D eigenvalue weighted by Crippen LogP contribution is -2.09. The molecule has 26 heavy (non-hydrogen) atoms. The average Bonchev–Trinajstić information content (AvgIpc) is 2.62. The molecule has 0 spiro atoms. The number of fused-ring (bicyclic) bond motifs is 1. The molecule has 0 saturated carbocycles. The zero-order valence-electron chi connectivity index (χ0n) is 14.7. The Balaban J connectivity index is 1.69. The summed E-state index contributed by atoms with van der Waals surface area (Å²) in [5.41, 5.74) is 3.45. The standard InChI is InChI=1S/C21H19FO4/c1-13-3-9-18-16(11-20(24)26-21(18)14(13)2)12-25-19(23)10-6-15-4-7-17(22)8-5-15/h3-5,7-9,11H,6,10,12H2,1-2H3. The summed E-state index contributed by atoms with van der Waals surface area (Å²) < 4.78 is 23.5. The molecule has 1 heterocycles. The summed E-state index contributed by atoms with van der Waals surface area (Å²) in [6.07, 6.45) is 0.651. The van der Waals surface area contributed by atoms with Crippen LogP contribution in [0.1, 0.15) is 28.7 Å². The fourth-order valence-electron chi connectivity index (χ4n) is 2.77. The smallest absolute Gasteiger partial charge is 0.336 e. The third-order valence-corrected chi connectivity index (χ3v) is 4.44. The fourth-order valence-corrected chi connectivity index (χ4v) is 2.77. The van der Waals surface area contributed by atoms with Crippen LogP contribution < -0.4 is 5.63 Å². The molecule has 2 aromatic carbocycles. The first-order chi connectivity index (χ1) is 12.4. The Kier molecular flexibility index (Phi) is 5.16. The zero-order chi connectivity index (χ0) is 18.7. The minimum Gasteiger partial charge on any atom is -0.461 e. The van der Waals surface area contributed by atoms with Crippen molar-refractivity contribution in [3.63, 3.8) is 0 Å². The van der Waals surface area contributed by atoms with Gasteiger partial charge < -0.3 is 9.15 Å². The fraction of sp³-hybridized carbons (Fsp3) is 0.238. The Labute approximate surface area is 150 Å². The van der Waals surface area contributed by atoms with Crippen LogP contribution in [0.2, 0.25) is 0 Å². The highest BCUT2D eigenvalue weighted by Crippen LogP contribution is 2.23. The van der Waals surface area contributed by atoms with E-state index in [1.54, 1.807) is 12.1 Å². The molecular weight excluding hydrogens is 335 g/mol. The van der Waals surface area contributed by atoms with Gasteiger partial charge in [0.1, 0.15) is 18.0 Å². The topological polar surface area (TPSA) is 56.5 Å². The van der Waals surface area contributed by atoms with Crippen LogP contribution in [0.15, 0.2) is 51.7 Å². The normalized spacial score (nSPS) is 10.9. The summed E-state index contributed by atoms with van der Waals surface area (Å²) in [7, 11) is 0. The van der Waals surface area contributed by atoms with Gasteiger partial charge in [0.15, 0.2) is 0 Å². The molecule has 1 aromatic heterocycles. The van der Waals surface area contributed by atoms with Gasteiger partial charge >= 0.3 is 11.6 Å². The summed E-state index contributed by atoms with van der Waals surface area (Å²) >= 11 is 0. The average molecular weight is 354 g/mol. The molecule has 134 valence electrons. The highest BCUT2D eigenvalue weighted by molar-refractivity contribution is 5.84. The molecule has 0 unspecified atom stereocenters. The summed E-state index contributed by atoms with van der Waals surface area (Å²) in [5, 5.41) is 0.763. The number of aryl methyl sites for hydroxylation is 3. The maximum Gasteiger partial charge on any atom is 0.336 e. The summed E-state index contributed by atoms with van der Waals surface area (Å²) in [6.45, 7) is 3.84. The minimum atomic E-state index is -0.469. The predicted octanol–water partition coefficient (Wildman–Crippen LogP) is 4.22. The van der Waals surface area contributed by atoms with Crippen molar-refractivity contribution in [1.82, 2.24) is 0 Å². The van der Waals surface area contributed by atoms with Crippen LogP contribution in [0.4, 0.5) is 4.39 Å². The van der Waals surface area contributed by atoms with Gasteiger partial charge in [-0.15, -0.1) is 0 Å². The van der Waals surface area contributed by atoms with Crippen molar-refractivity contribution in [2.75, 3.05) is 0 Å². The van der Waals surface area contributed by atoms with Gasteiger partial charge in [-0.2, -0.15) is 0 Å². The van der Waals surface area contributed by atoms with Crippen LogP contribution in [0.25, 0.3) is 11.0 Å². The van der Waals surface area contributed by atoms with Crippen molar-refractivity contribution in [3.8, 4) is 0 Å². The minimum absolute atomic E-state index is 0.00680. The SMILES string of the molecule is Cc1ccc2c(COC(=O)CCc3ccc(F)cc3)cc(=O)oc2c1C. The highest BCUT2D eigenvalue weighted by atomic mass is 19.1. The number of halogens is 1. The first kappa shape index (κ1) is 17.9. The Morgan fingerprint density at radius 2 is 1.85 bits per heavy atom. The second-order valence-electron chi connectivity index (χ2n) is 6.26. The van der Waals surface area contributed by atoms with Gasteiger partial charge in [-0.1, -0.05) is 24.3 Å². The van der Waals surface area contributed by atoms with E-state index in [0.29, 0.717) is 17.6 Å². The van der Waals surface area contributed by atoms with Crippen molar-refractivity contribution in [2.45, 2.75) is 33.3 Å². The molecule has 5 heteroatoms. The van der Waals surface area contributed by atoms with E-state index in [4.69, 9.17) is 9.15 Å². The Hall–Kier alpha value is -2.95. The van der Waals surface area contributed by atoms with Crippen molar-refractivity contribution in [2.24, 2.45) is 0 Å². The van der Waals surface area contributed by atoms with Gasteiger partial charge in [-0.3, -0.25) is 4.79 Å². The van der Waals surface area contributed by atoms with Crippen LogP contribution in [0.5, 0.6) is 0 Å². The first-order valence-corrected chi connectivity index (χ1v) is 8.37. The lowest BCUT2D eigenvalue weighted by Gasteiger charge is -2.10. The Morgan fingerprint density at radius 3 is 2.58 bits per heavy atom. The maximum atomic E-state index is 12.9. The zero-order valence-corrected chi connectivity index (χ0v) is 14.7. The van der Waals surface area contributed by atoms with Crippen LogP contribution in [-0.2, 0) is 22.6 Å². The van der Waals surface area contributed by atoms with E-state index >= 15 is 0 Å². The predicted molar refractivity (Wildman–Crippen MR) is 96.5 cm³/mol. The van der Waals surface area contributed by atoms with E-state index in [1.165, 1.54) is 18.2 Å². The third-order valence-electron chi connectivity index (χ3n) is 4.44. The third kappa shape index (κ3) is 3.99. The summed E-state index contributed by atoms with van der Waals surface area (Å²) in [4.78, 5) is 23.8. The molecule has 0 aliphatic rings. The van der Waals surface area contributed by atoms with Gasteiger partial charge in [0.2, 0.25) is 0 Å². The maximum absolute atomic E-state index is 12.9. The van der Waals surface area contributed by atoms with Gasteiger partial charge in [0, 0.05) is 23.4 Å². The number of benzene rings is 2. The number of carbonyl (C=O) groups excluding carboxylic acids is 1. The lowest BCUT2D eigenvalue weighted by atomic mass is 10.0. The van der Waals surface area contributed by atoms with Gasteiger partial charge in [-0.25, -0.2) is 9.18 Å². The van der Waals surface area contributed by atoms with Crippen molar-refractivity contribution < 1.29 is 18.3 Å². The molecular formula is C21H19FO4. The molecule has 0 bridgehead atoms. The van der Waals surface area contributed by atoms with Crippen molar-refractivity contribution in [3.05, 3.63) is 81.0 Å². The molecule has 4 nitrogen and oxygen atoms in total. The van der Waals surface area contributed by atoms with Crippen LogP contribution in [0, 0.1) is 19.7 Å². The van der Waals surface area contributed by atoms with E-state index in [1.807, 2.05) is 26.0 Å². The van der Waals surface area contributed by atoms with Crippen LogP contribution in [0.3, 0.4) is 0 Å². The van der Waals surface area contributed by atoms with Gasteiger partial charge in [0.05, 0.1) is 0 Å². The number of rotatable bonds is 5. The van der Waals surface area contributed by atoms with Gasteiger partial charge in [0.25, 0.3) is 0 Å². The first-order valence-electron chi connectivity index (χ1n) is 8.37. The number of hydrogen-bond acceptors (Lipinski definition) is 4. The molecule has 0 saturated heterocycles. The quantitative estimate of drug-likeness (QED) is 0.508. The van der Waals surface area contributed by atoms with Crippen LogP contribution >= 0.6 is 0 Å².